The Kier molecular flexibility index (Phi) is 4.38. The van der Waals surface area contributed by atoms with E-state index >= 15 is 0 Å². The van der Waals surface area contributed by atoms with Gasteiger partial charge in [-0.2, -0.15) is 18.3 Å². The van der Waals surface area contributed by atoms with E-state index in [-0.39, 0.29) is 17.8 Å². The SMILES string of the molecule is O=C(Cc1c[nH]c2ccccc12)Nc1ccc(-n2cccn2)cc1C(F)(F)F. The Bertz CT molecular complexity index is 1130. The molecule has 4 aromatic rings. The van der Waals surface area contributed by atoms with Gasteiger partial charge in [-0.25, -0.2) is 4.68 Å². The summed E-state index contributed by atoms with van der Waals surface area (Å²) in [6.45, 7) is 0. The van der Waals surface area contributed by atoms with Crippen molar-refractivity contribution in [1.82, 2.24) is 14.8 Å². The molecule has 1 amide bonds. The highest BCUT2D eigenvalue weighted by atomic mass is 19.4. The van der Waals surface area contributed by atoms with Gasteiger partial charge in [0.2, 0.25) is 5.91 Å². The number of rotatable bonds is 4. The molecule has 8 heteroatoms. The van der Waals surface area contributed by atoms with E-state index in [1.807, 2.05) is 24.3 Å². The van der Waals surface area contributed by atoms with E-state index in [0.717, 1.165) is 22.5 Å². The minimum Gasteiger partial charge on any atom is -0.361 e. The number of anilines is 1. The number of alkyl halides is 3. The summed E-state index contributed by atoms with van der Waals surface area (Å²) in [6.07, 6.45) is 0.0550. The Morgan fingerprint density at radius 2 is 1.96 bits per heavy atom. The topological polar surface area (TPSA) is 62.7 Å². The number of aromatic amines is 1. The number of halogens is 3. The summed E-state index contributed by atoms with van der Waals surface area (Å²) in [5.41, 5.74) is 0.632. The Morgan fingerprint density at radius 3 is 2.71 bits per heavy atom. The number of H-pyrrole nitrogens is 1. The summed E-state index contributed by atoms with van der Waals surface area (Å²) in [5, 5.41) is 7.19. The summed E-state index contributed by atoms with van der Waals surface area (Å²) in [6, 6.07) is 12.7. The van der Waals surface area contributed by atoms with Crippen LogP contribution in [0.2, 0.25) is 0 Å². The zero-order chi connectivity index (χ0) is 19.7. The van der Waals surface area contributed by atoms with E-state index in [9.17, 15) is 18.0 Å². The number of carbonyl (C=O) groups is 1. The third kappa shape index (κ3) is 3.48. The van der Waals surface area contributed by atoms with E-state index in [1.54, 1.807) is 18.5 Å². The molecule has 0 fully saturated rings. The molecule has 5 nitrogen and oxygen atoms in total. The number of hydrogen-bond donors (Lipinski definition) is 2. The molecule has 0 aliphatic carbocycles. The van der Waals surface area contributed by atoms with Gasteiger partial charge in [0, 0.05) is 29.5 Å². The number of benzene rings is 2. The minimum atomic E-state index is -4.62. The van der Waals surface area contributed by atoms with Crippen molar-refractivity contribution in [3.05, 3.63) is 78.2 Å². The van der Waals surface area contributed by atoms with Gasteiger partial charge in [0.1, 0.15) is 0 Å². The molecule has 0 saturated heterocycles. The van der Waals surface area contributed by atoms with Crippen molar-refractivity contribution < 1.29 is 18.0 Å². The number of para-hydroxylation sites is 1. The Labute approximate surface area is 157 Å². The molecule has 4 rings (SSSR count). The van der Waals surface area contributed by atoms with Gasteiger partial charge in [-0.1, -0.05) is 18.2 Å². The number of aromatic nitrogens is 3. The van der Waals surface area contributed by atoms with Crippen molar-refractivity contribution in [2.45, 2.75) is 12.6 Å². The van der Waals surface area contributed by atoms with Crippen LogP contribution < -0.4 is 5.32 Å². The van der Waals surface area contributed by atoms with Gasteiger partial charge in [-0.05, 0) is 35.9 Å². The largest absolute Gasteiger partial charge is 0.418 e. The first-order valence-electron chi connectivity index (χ1n) is 8.48. The second-order valence-corrected chi connectivity index (χ2v) is 6.26. The van der Waals surface area contributed by atoms with Crippen LogP contribution in [-0.2, 0) is 17.4 Å². The molecular weight excluding hydrogens is 369 g/mol. The molecule has 0 spiro atoms. The quantitative estimate of drug-likeness (QED) is 0.542. The minimum absolute atomic E-state index is 0.0395. The summed E-state index contributed by atoms with van der Waals surface area (Å²) in [4.78, 5) is 15.5. The first-order chi connectivity index (χ1) is 13.4. The van der Waals surface area contributed by atoms with Crippen LogP contribution in [0.25, 0.3) is 16.6 Å². The molecule has 0 unspecified atom stereocenters. The van der Waals surface area contributed by atoms with Gasteiger partial charge < -0.3 is 10.3 Å². The smallest absolute Gasteiger partial charge is 0.361 e. The van der Waals surface area contributed by atoms with E-state index in [4.69, 9.17) is 0 Å². The zero-order valence-electron chi connectivity index (χ0n) is 14.5. The molecule has 0 atom stereocenters. The summed E-state index contributed by atoms with van der Waals surface area (Å²) in [7, 11) is 0. The fraction of sp³-hybridized carbons (Fsp3) is 0.100. The molecule has 2 aromatic heterocycles. The fourth-order valence-electron chi connectivity index (χ4n) is 3.09. The third-order valence-corrected chi connectivity index (χ3v) is 4.38. The highest BCUT2D eigenvalue weighted by Gasteiger charge is 2.34. The summed E-state index contributed by atoms with van der Waals surface area (Å²) >= 11 is 0. The van der Waals surface area contributed by atoms with Gasteiger partial charge in [0.05, 0.1) is 23.4 Å². The molecule has 142 valence electrons. The Hall–Kier alpha value is -3.55. The number of nitrogens with zero attached hydrogens (tertiary/aromatic N) is 2. The van der Waals surface area contributed by atoms with Crippen LogP contribution in [0, 0.1) is 0 Å². The zero-order valence-corrected chi connectivity index (χ0v) is 14.5. The van der Waals surface area contributed by atoms with Crippen molar-refractivity contribution >= 4 is 22.5 Å². The van der Waals surface area contributed by atoms with E-state index in [1.165, 1.54) is 23.0 Å². The maximum atomic E-state index is 13.5. The highest BCUT2D eigenvalue weighted by molar-refractivity contribution is 5.96. The molecule has 0 aliphatic heterocycles. The fourth-order valence-corrected chi connectivity index (χ4v) is 3.09. The van der Waals surface area contributed by atoms with Gasteiger partial charge >= 0.3 is 6.18 Å². The monoisotopic (exact) mass is 384 g/mol. The van der Waals surface area contributed by atoms with Gasteiger partial charge in [-0.3, -0.25) is 4.79 Å². The maximum Gasteiger partial charge on any atom is 0.418 e. The number of amides is 1. The molecule has 0 radical (unpaired) electrons. The lowest BCUT2D eigenvalue weighted by atomic mass is 10.1. The van der Waals surface area contributed by atoms with Crippen molar-refractivity contribution in [2.75, 3.05) is 5.32 Å². The van der Waals surface area contributed by atoms with Crippen LogP contribution in [0.4, 0.5) is 18.9 Å². The normalized spacial score (nSPS) is 11.7. The number of carbonyl (C=O) groups excluding carboxylic acids is 1. The molecule has 2 N–H and O–H groups in total. The molecule has 0 aliphatic rings. The third-order valence-electron chi connectivity index (χ3n) is 4.38. The molecule has 0 bridgehead atoms. The first kappa shape index (κ1) is 17.8. The second kappa shape index (κ2) is 6.88. The Balaban J connectivity index is 1.60. The van der Waals surface area contributed by atoms with Crippen LogP contribution >= 0.6 is 0 Å². The predicted octanol–water partition coefficient (Wildman–Crippen LogP) is 4.55. The van der Waals surface area contributed by atoms with Crippen LogP contribution in [0.15, 0.2) is 67.1 Å². The van der Waals surface area contributed by atoms with Crippen molar-refractivity contribution in [1.29, 1.82) is 0 Å². The van der Waals surface area contributed by atoms with Gasteiger partial charge in [0.25, 0.3) is 0 Å². The van der Waals surface area contributed by atoms with Crippen LogP contribution in [0.3, 0.4) is 0 Å². The van der Waals surface area contributed by atoms with Crippen molar-refractivity contribution in [2.24, 2.45) is 0 Å². The van der Waals surface area contributed by atoms with Crippen molar-refractivity contribution in [3.8, 4) is 5.69 Å². The lowest BCUT2D eigenvalue weighted by Crippen LogP contribution is -2.18. The average molecular weight is 384 g/mol. The highest BCUT2D eigenvalue weighted by Crippen LogP contribution is 2.36. The van der Waals surface area contributed by atoms with Crippen LogP contribution in [-0.4, -0.2) is 20.7 Å². The van der Waals surface area contributed by atoms with Crippen LogP contribution in [0.5, 0.6) is 0 Å². The molecule has 2 aromatic carbocycles. The van der Waals surface area contributed by atoms with Crippen molar-refractivity contribution in [3.63, 3.8) is 0 Å². The van der Waals surface area contributed by atoms with E-state index < -0.39 is 17.6 Å². The van der Waals surface area contributed by atoms with E-state index in [2.05, 4.69) is 15.4 Å². The first-order valence-corrected chi connectivity index (χ1v) is 8.48. The molecule has 28 heavy (non-hydrogen) atoms. The number of hydrogen-bond acceptors (Lipinski definition) is 2. The Morgan fingerprint density at radius 1 is 1.14 bits per heavy atom. The molecule has 0 saturated carbocycles. The summed E-state index contributed by atoms with van der Waals surface area (Å²) < 4.78 is 41.9. The van der Waals surface area contributed by atoms with Gasteiger partial charge in [0.15, 0.2) is 0 Å². The maximum absolute atomic E-state index is 13.5. The predicted molar refractivity (Wildman–Crippen MR) is 99.2 cm³/mol. The second-order valence-electron chi connectivity index (χ2n) is 6.26. The van der Waals surface area contributed by atoms with E-state index in [0.29, 0.717) is 0 Å². The van der Waals surface area contributed by atoms with Gasteiger partial charge in [-0.15, -0.1) is 0 Å². The summed E-state index contributed by atoms with van der Waals surface area (Å²) in [5.74, 6) is -0.526. The lowest BCUT2D eigenvalue weighted by molar-refractivity contribution is -0.137. The lowest BCUT2D eigenvalue weighted by Gasteiger charge is -2.15. The number of nitrogens with one attached hydrogen (secondary N) is 2. The van der Waals surface area contributed by atoms with Crippen LogP contribution in [0.1, 0.15) is 11.1 Å². The molecular formula is C20H15F3N4O. The average Bonchev–Trinajstić information content (AvgIpc) is 3.32. The molecule has 2 heterocycles. The standard InChI is InChI=1S/C20H15F3N4O/c21-20(22,23)16-11-14(27-9-3-8-25-27)6-7-18(16)26-19(28)10-13-12-24-17-5-2-1-4-15(13)17/h1-9,11-12,24H,10H2,(H,26,28). The number of fused-ring (bicyclic) bond motifs is 1.